The van der Waals surface area contributed by atoms with Gasteiger partial charge < -0.3 is 15.5 Å². The highest BCUT2D eigenvalue weighted by Crippen LogP contribution is 2.32. The Hall–Kier alpha value is -1.06. The predicted octanol–water partition coefficient (Wildman–Crippen LogP) is 2.52. The van der Waals surface area contributed by atoms with Crippen LogP contribution in [0.1, 0.15) is 50.3 Å². The first-order chi connectivity index (χ1) is 8.56. The molecule has 3 N–H and O–H groups in total. The second kappa shape index (κ2) is 5.72. The first-order valence-corrected chi connectivity index (χ1v) is 6.82. The van der Waals surface area contributed by atoms with Crippen molar-refractivity contribution in [2.75, 3.05) is 0 Å². The van der Waals surface area contributed by atoms with Gasteiger partial charge in [0.15, 0.2) is 0 Å². The van der Waals surface area contributed by atoms with Crippen LogP contribution in [-0.2, 0) is 6.42 Å². The van der Waals surface area contributed by atoms with Gasteiger partial charge in [-0.05, 0) is 62.8 Å². The second-order valence-corrected chi connectivity index (χ2v) is 5.48. The molecule has 1 aromatic carbocycles. The number of hydrogen-bond donors (Lipinski definition) is 3. The Bertz CT molecular complexity index is 403. The van der Waals surface area contributed by atoms with Crippen LogP contribution < -0.4 is 5.32 Å². The van der Waals surface area contributed by atoms with Gasteiger partial charge in [0.05, 0.1) is 6.10 Å². The van der Waals surface area contributed by atoms with E-state index in [9.17, 15) is 10.2 Å². The summed E-state index contributed by atoms with van der Waals surface area (Å²) in [6.45, 7) is 3.92. The molecule has 3 unspecified atom stereocenters. The fourth-order valence-electron chi connectivity index (χ4n) is 2.88. The monoisotopic (exact) mass is 249 g/mol. The molecule has 0 heterocycles. The summed E-state index contributed by atoms with van der Waals surface area (Å²) in [5, 5.41) is 22.6. The lowest BCUT2D eigenvalue weighted by Gasteiger charge is -2.29. The first-order valence-electron chi connectivity index (χ1n) is 6.82. The van der Waals surface area contributed by atoms with Gasteiger partial charge in [0, 0.05) is 12.1 Å². The van der Waals surface area contributed by atoms with E-state index in [4.69, 9.17) is 0 Å². The van der Waals surface area contributed by atoms with Gasteiger partial charge in [-0.2, -0.15) is 0 Å². The maximum atomic E-state index is 9.62. The van der Waals surface area contributed by atoms with Crippen LogP contribution in [0.5, 0.6) is 5.75 Å². The largest absolute Gasteiger partial charge is 0.508 e. The second-order valence-electron chi connectivity index (χ2n) is 5.48. The Labute approximate surface area is 109 Å². The van der Waals surface area contributed by atoms with Gasteiger partial charge in [0.25, 0.3) is 0 Å². The van der Waals surface area contributed by atoms with Crippen molar-refractivity contribution in [3.63, 3.8) is 0 Å². The van der Waals surface area contributed by atoms with E-state index in [0.717, 1.165) is 19.3 Å². The molecule has 0 radical (unpaired) electrons. The summed E-state index contributed by atoms with van der Waals surface area (Å²) in [4.78, 5) is 0. The fraction of sp³-hybridized carbons (Fsp3) is 0.600. The van der Waals surface area contributed by atoms with E-state index >= 15 is 0 Å². The number of fused-ring (bicyclic) bond motifs is 1. The summed E-state index contributed by atoms with van der Waals surface area (Å²) in [6, 6.07) is 6.25. The maximum absolute atomic E-state index is 9.62. The average molecular weight is 249 g/mol. The molecule has 0 aliphatic heterocycles. The van der Waals surface area contributed by atoms with E-state index in [0.29, 0.717) is 11.8 Å². The third-order valence-corrected chi connectivity index (χ3v) is 3.62. The highest BCUT2D eigenvalue weighted by Gasteiger charge is 2.22. The summed E-state index contributed by atoms with van der Waals surface area (Å²) < 4.78 is 0. The van der Waals surface area contributed by atoms with Crippen molar-refractivity contribution < 1.29 is 10.2 Å². The zero-order valence-electron chi connectivity index (χ0n) is 11.2. The molecule has 3 heteroatoms. The van der Waals surface area contributed by atoms with Gasteiger partial charge in [-0.25, -0.2) is 0 Å². The standard InChI is InChI=1S/C15H23NO2/c1-10(8-11(2)17)16-15-5-3-4-12-6-7-13(18)9-14(12)15/h6-7,9-11,15-18H,3-5,8H2,1-2H3. The minimum Gasteiger partial charge on any atom is -0.508 e. The number of phenolic OH excluding ortho intramolecular Hbond substituents is 1. The maximum Gasteiger partial charge on any atom is 0.115 e. The molecule has 1 aliphatic carbocycles. The molecular weight excluding hydrogens is 226 g/mol. The van der Waals surface area contributed by atoms with E-state index in [1.54, 1.807) is 6.07 Å². The minimum absolute atomic E-state index is 0.278. The van der Waals surface area contributed by atoms with Gasteiger partial charge in [-0.3, -0.25) is 0 Å². The average Bonchev–Trinajstić information content (AvgIpc) is 2.28. The molecule has 0 saturated heterocycles. The predicted molar refractivity (Wildman–Crippen MR) is 72.7 cm³/mol. The highest BCUT2D eigenvalue weighted by molar-refractivity contribution is 5.38. The number of phenols is 1. The van der Waals surface area contributed by atoms with E-state index in [1.165, 1.54) is 17.5 Å². The number of aliphatic hydroxyl groups excluding tert-OH is 1. The van der Waals surface area contributed by atoms with Crippen LogP contribution in [-0.4, -0.2) is 22.4 Å². The summed E-state index contributed by atoms with van der Waals surface area (Å²) in [5.41, 5.74) is 2.56. The highest BCUT2D eigenvalue weighted by atomic mass is 16.3. The lowest BCUT2D eigenvalue weighted by Crippen LogP contribution is -2.34. The molecule has 0 amide bonds. The molecule has 0 spiro atoms. The van der Waals surface area contributed by atoms with Crippen molar-refractivity contribution in [3.05, 3.63) is 29.3 Å². The van der Waals surface area contributed by atoms with Crippen LogP contribution in [0, 0.1) is 0 Å². The summed E-state index contributed by atoms with van der Waals surface area (Å²) in [7, 11) is 0. The molecule has 0 fully saturated rings. The molecule has 1 aliphatic rings. The minimum atomic E-state index is -0.278. The van der Waals surface area contributed by atoms with Crippen LogP contribution in [0.4, 0.5) is 0 Å². The van der Waals surface area contributed by atoms with Crippen LogP contribution >= 0.6 is 0 Å². The molecule has 3 nitrogen and oxygen atoms in total. The van der Waals surface area contributed by atoms with Crippen molar-refractivity contribution in [1.82, 2.24) is 5.32 Å². The fourth-order valence-corrected chi connectivity index (χ4v) is 2.88. The molecule has 100 valence electrons. The molecule has 3 atom stereocenters. The lowest BCUT2D eigenvalue weighted by atomic mass is 9.87. The Morgan fingerprint density at radius 3 is 2.89 bits per heavy atom. The van der Waals surface area contributed by atoms with Crippen molar-refractivity contribution in [1.29, 1.82) is 0 Å². The number of nitrogens with one attached hydrogen (secondary N) is 1. The number of aromatic hydroxyl groups is 1. The number of hydrogen-bond acceptors (Lipinski definition) is 3. The van der Waals surface area contributed by atoms with Gasteiger partial charge in [0.1, 0.15) is 5.75 Å². The third kappa shape index (κ3) is 3.24. The summed E-state index contributed by atoms with van der Waals surface area (Å²) in [5.74, 6) is 0.339. The van der Waals surface area contributed by atoms with E-state index in [2.05, 4.69) is 12.2 Å². The van der Waals surface area contributed by atoms with Crippen LogP contribution in [0.15, 0.2) is 18.2 Å². The Balaban J connectivity index is 2.09. The Kier molecular flexibility index (Phi) is 4.25. The molecule has 0 saturated carbocycles. The zero-order valence-corrected chi connectivity index (χ0v) is 11.2. The smallest absolute Gasteiger partial charge is 0.115 e. The molecule has 2 rings (SSSR count). The molecule has 0 aromatic heterocycles. The lowest BCUT2D eigenvalue weighted by molar-refractivity contribution is 0.167. The quantitative estimate of drug-likeness (QED) is 0.768. The zero-order chi connectivity index (χ0) is 13.1. The van der Waals surface area contributed by atoms with E-state index < -0.39 is 0 Å². The molecule has 18 heavy (non-hydrogen) atoms. The number of benzene rings is 1. The third-order valence-electron chi connectivity index (χ3n) is 3.62. The normalized spacial score (nSPS) is 22.3. The van der Waals surface area contributed by atoms with Crippen LogP contribution in [0.2, 0.25) is 0 Å². The first kappa shape index (κ1) is 13.4. The van der Waals surface area contributed by atoms with Gasteiger partial charge in [0.2, 0.25) is 0 Å². The summed E-state index contributed by atoms with van der Waals surface area (Å²) in [6.07, 6.45) is 3.85. The van der Waals surface area contributed by atoms with Crippen molar-refractivity contribution in [3.8, 4) is 5.75 Å². The van der Waals surface area contributed by atoms with Gasteiger partial charge >= 0.3 is 0 Å². The molecular formula is C15H23NO2. The topological polar surface area (TPSA) is 52.5 Å². The van der Waals surface area contributed by atoms with Gasteiger partial charge in [-0.15, -0.1) is 0 Å². The SMILES string of the molecule is CC(O)CC(C)NC1CCCc2ccc(O)cc21. The van der Waals surface area contributed by atoms with Crippen LogP contribution in [0.25, 0.3) is 0 Å². The van der Waals surface area contributed by atoms with Gasteiger partial charge in [-0.1, -0.05) is 6.07 Å². The molecule has 1 aromatic rings. The van der Waals surface area contributed by atoms with Crippen molar-refractivity contribution in [2.24, 2.45) is 0 Å². The van der Waals surface area contributed by atoms with E-state index in [1.807, 2.05) is 19.1 Å². The number of rotatable bonds is 4. The summed E-state index contributed by atoms with van der Waals surface area (Å²) >= 11 is 0. The molecule has 0 bridgehead atoms. The Morgan fingerprint density at radius 1 is 1.39 bits per heavy atom. The van der Waals surface area contributed by atoms with Crippen LogP contribution in [0.3, 0.4) is 0 Å². The van der Waals surface area contributed by atoms with Crippen molar-refractivity contribution in [2.45, 2.75) is 57.7 Å². The van der Waals surface area contributed by atoms with Crippen molar-refractivity contribution >= 4 is 0 Å². The Morgan fingerprint density at radius 2 is 2.17 bits per heavy atom. The number of aliphatic hydroxyl groups is 1. The number of aryl methyl sites for hydroxylation is 1. The van der Waals surface area contributed by atoms with E-state index in [-0.39, 0.29) is 12.1 Å².